The third-order valence-corrected chi connectivity index (χ3v) is 7.09. The van der Waals surface area contributed by atoms with Crippen LogP contribution >= 0.6 is 0 Å². The second-order valence-corrected chi connectivity index (χ2v) is 9.51. The molecule has 1 saturated heterocycles. The zero-order valence-electron chi connectivity index (χ0n) is 21.5. The fraction of sp³-hybridized carbons (Fsp3) is 0.370. The summed E-state index contributed by atoms with van der Waals surface area (Å²) in [6.45, 7) is 8.09. The highest BCUT2D eigenvalue weighted by Gasteiger charge is 2.34. The quantitative estimate of drug-likeness (QED) is 0.563. The average molecular weight is 488 g/mol. The van der Waals surface area contributed by atoms with E-state index in [-0.39, 0.29) is 5.91 Å². The predicted molar refractivity (Wildman–Crippen MR) is 144 cm³/mol. The van der Waals surface area contributed by atoms with Gasteiger partial charge in [0.15, 0.2) is 5.82 Å². The van der Waals surface area contributed by atoms with Crippen molar-refractivity contribution >= 4 is 34.7 Å². The van der Waals surface area contributed by atoms with E-state index in [4.69, 9.17) is 4.74 Å². The van der Waals surface area contributed by atoms with Gasteiger partial charge in [-0.1, -0.05) is 18.2 Å². The predicted octanol–water partition coefficient (Wildman–Crippen LogP) is 3.73. The van der Waals surface area contributed by atoms with Crippen LogP contribution in [0.3, 0.4) is 0 Å². The van der Waals surface area contributed by atoms with E-state index in [1.54, 1.807) is 25.3 Å². The Morgan fingerprint density at radius 3 is 2.47 bits per heavy atom. The summed E-state index contributed by atoms with van der Waals surface area (Å²) in [4.78, 5) is 28.8. The standard InChI is InChI=1S/C27H33N7O2/c1-17-7-6-8-18(2)23(17)24-26(35)33(4)25-21(29-24)16-28-27(31-25)30-20-10-9-19(15-22(20)36-5)34-13-11-32(3)12-14-34/h6-10,15-16,24,29H,11-14H2,1-5H3,(H,28,30,31). The molecule has 2 aliphatic heterocycles. The maximum atomic E-state index is 13.3. The van der Waals surface area contributed by atoms with Crippen LogP contribution in [0.15, 0.2) is 42.6 Å². The Morgan fingerprint density at radius 1 is 1.06 bits per heavy atom. The Hall–Kier alpha value is -3.85. The van der Waals surface area contributed by atoms with Gasteiger partial charge in [0.1, 0.15) is 11.8 Å². The van der Waals surface area contributed by atoms with Crippen molar-refractivity contribution in [1.29, 1.82) is 0 Å². The second kappa shape index (κ2) is 9.66. The van der Waals surface area contributed by atoms with Gasteiger partial charge >= 0.3 is 0 Å². The molecule has 3 aromatic rings. The van der Waals surface area contributed by atoms with Gasteiger partial charge in [-0.2, -0.15) is 4.98 Å². The molecule has 3 heterocycles. The van der Waals surface area contributed by atoms with Crippen LogP contribution in [0.5, 0.6) is 5.75 Å². The first-order valence-corrected chi connectivity index (χ1v) is 12.2. The number of nitrogens with zero attached hydrogens (tertiary/aromatic N) is 5. The molecule has 1 unspecified atom stereocenters. The number of aryl methyl sites for hydroxylation is 2. The summed E-state index contributed by atoms with van der Waals surface area (Å²) in [6.07, 6.45) is 1.72. The van der Waals surface area contributed by atoms with E-state index in [2.05, 4.69) is 43.5 Å². The van der Waals surface area contributed by atoms with E-state index in [0.717, 1.165) is 54.2 Å². The molecule has 1 fully saturated rings. The molecule has 1 atom stereocenters. The summed E-state index contributed by atoms with van der Waals surface area (Å²) in [6, 6.07) is 11.7. The highest BCUT2D eigenvalue weighted by atomic mass is 16.5. The van der Waals surface area contributed by atoms with Crippen LogP contribution in [-0.2, 0) is 4.79 Å². The molecule has 188 valence electrons. The van der Waals surface area contributed by atoms with Gasteiger partial charge in [-0.3, -0.25) is 9.69 Å². The van der Waals surface area contributed by atoms with E-state index in [1.165, 1.54) is 0 Å². The van der Waals surface area contributed by atoms with Crippen molar-refractivity contribution in [2.24, 2.45) is 0 Å². The average Bonchev–Trinajstić information content (AvgIpc) is 2.88. The Labute approximate surface area is 212 Å². The maximum Gasteiger partial charge on any atom is 0.255 e. The number of hydrogen-bond acceptors (Lipinski definition) is 8. The molecule has 0 saturated carbocycles. The monoisotopic (exact) mass is 487 g/mol. The number of methoxy groups -OCH3 is 1. The van der Waals surface area contributed by atoms with Crippen molar-refractivity contribution in [3.63, 3.8) is 0 Å². The molecule has 0 aliphatic carbocycles. The normalized spacial score (nSPS) is 18.0. The molecule has 0 radical (unpaired) electrons. The minimum atomic E-state index is -0.478. The van der Waals surface area contributed by atoms with Gasteiger partial charge in [-0.25, -0.2) is 4.98 Å². The highest BCUT2D eigenvalue weighted by molar-refractivity contribution is 6.04. The lowest BCUT2D eigenvalue weighted by molar-refractivity contribution is -0.119. The molecule has 9 heteroatoms. The number of likely N-dealkylation sites (N-methyl/N-ethyl adjacent to an activating group) is 2. The van der Waals surface area contributed by atoms with E-state index in [9.17, 15) is 4.79 Å². The molecule has 0 spiro atoms. The zero-order chi connectivity index (χ0) is 25.4. The van der Waals surface area contributed by atoms with Crippen LogP contribution in [0.2, 0.25) is 0 Å². The highest BCUT2D eigenvalue weighted by Crippen LogP contribution is 2.38. The zero-order valence-corrected chi connectivity index (χ0v) is 21.5. The first-order chi connectivity index (χ1) is 17.4. The Bertz CT molecular complexity index is 1270. The smallest absolute Gasteiger partial charge is 0.255 e. The SMILES string of the molecule is COc1cc(N2CCN(C)CC2)ccc1Nc1ncc2c(n1)N(C)C(=O)C(c1c(C)cccc1C)N2. The lowest BCUT2D eigenvalue weighted by Crippen LogP contribution is -2.44. The maximum absolute atomic E-state index is 13.3. The summed E-state index contributed by atoms with van der Waals surface area (Å²) in [7, 11) is 5.56. The number of carbonyl (C=O) groups excluding carboxylic acids is 1. The van der Waals surface area contributed by atoms with Gasteiger partial charge in [0.2, 0.25) is 5.95 Å². The summed E-state index contributed by atoms with van der Waals surface area (Å²) < 4.78 is 5.67. The first kappa shape index (κ1) is 23.9. The van der Waals surface area contributed by atoms with Crippen molar-refractivity contribution in [2.45, 2.75) is 19.9 Å². The fourth-order valence-electron chi connectivity index (χ4n) is 4.95. The molecule has 5 rings (SSSR count). The van der Waals surface area contributed by atoms with E-state index in [1.807, 2.05) is 44.2 Å². The number of piperazine rings is 1. The molecule has 2 aliphatic rings. The summed E-state index contributed by atoms with van der Waals surface area (Å²) in [5.41, 5.74) is 5.75. The number of ether oxygens (including phenoxy) is 1. The van der Waals surface area contributed by atoms with Crippen LogP contribution in [0, 0.1) is 13.8 Å². The lowest BCUT2D eigenvalue weighted by atomic mass is 9.94. The van der Waals surface area contributed by atoms with Crippen molar-refractivity contribution < 1.29 is 9.53 Å². The number of amides is 1. The largest absolute Gasteiger partial charge is 0.494 e. The van der Waals surface area contributed by atoms with Crippen LogP contribution in [0.1, 0.15) is 22.7 Å². The molecular weight excluding hydrogens is 454 g/mol. The Balaban J connectivity index is 1.38. The minimum Gasteiger partial charge on any atom is -0.494 e. The van der Waals surface area contributed by atoms with E-state index in [0.29, 0.717) is 23.2 Å². The van der Waals surface area contributed by atoms with Crippen molar-refractivity contribution in [1.82, 2.24) is 14.9 Å². The lowest BCUT2D eigenvalue weighted by Gasteiger charge is -2.34. The molecule has 2 aromatic carbocycles. The van der Waals surface area contributed by atoms with Gasteiger partial charge in [0, 0.05) is 45.0 Å². The first-order valence-electron chi connectivity index (χ1n) is 12.2. The molecule has 36 heavy (non-hydrogen) atoms. The summed E-state index contributed by atoms with van der Waals surface area (Å²) in [5.74, 6) is 1.59. The van der Waals surface area contributed by atoms with Crippen LogP contribution < -0.4 is 25.2 Å². The molecule has 0 bridgehead atoms. The number of rotatable bonds is 5. The summed E-state index contributed by atoms with van der Waals surface area (Å²) in [5, 5.41) is 6.63. The van der Waals surface area contributed by atoms with Gasteiger partial charge in [-0.05, 0) is 49.7 Å². The Kier molecular flexibility index (Phi) is 6.40. The molecule has 9 nitrogen and oxygen atoms in total. The van der Waals surface area contributed by atoms with Gasteiger partial charge in [0.25, 0.3) is 5.91 Å². The van der Waals surface area contributed by atoms with Crippen LogP contribution in [0.25, 0.3) is 0 Å². The minimum absolute atomic E-state index is 0.0568. The number of aromatic nitrogens is 2. The molecule has 1 aromatic heterocycles. The second-order valence-electron chi connectivity index (χ2n) is 9.51. The van der Waals surface area contributed by atoms with Gasteiger partial charge in [-0.15, -0.1) is 0 Å². The number of anilines is 5. The molecular formula is C27H33N7O2. The third kappa shape index (κ3) is 4.42. The molecule has 2 N–H and O–H groups in total. The third-order valence-electron chi connectivity index (χ3n) is 7.09. The summed E-state index contributed by atoms with van der Waals surface area (Å²) >= 11 is 0. The van der Waals surface area contributed by atoms with Crippen molar-refractivity contribution in [3.8, 4) is 5.75 Å². The van der Waals surface area contributed by atoms with E-state index < -0.39 is 6.04 Å². The topological polar surface area (TPSA) is 85.9 Å². The van der Waals surface area contributed by atoms with Gasteiger partial charge in [0.05, 0.1) is 24.7 Å². The van der Waals surface area contributed by atoms with Crippen molar-refractivity contribution in [2.75, 3.05) is 67.8 Å². The van der Waals surface area contributed by atoms with Gasteiger partial charge < -0.3 is 25.2 Å². The number of fused-ring (bicyclic) bond motifs is 1. The molecule has 1 amide bonds. The van der Waals surface area contributed by atoms with E-state index >= 15 is 0 Å². The number of nitrogens with one attached hydrogen (secondary N) is 2. The van der Waals surface area contributed by atoms with Crippen molar-refractivity contribution in [3.05, 3.63) is 59.3 Å². The van der Waals surface area contributed by atoms with Crippen LogP contribution in [-0.4, -0.2) is 68.2 Å². The fourth-order valence-corrected chi connectivity index (χ4v) is 4.95. The number of benzene rings is 2. The van der Waals surface area contributed by atoms with Crippen LogP contribution in [0.4, 0.5) is 28.8 Å². The number of carbonyl (C=O) groups is 1. The number of hydrogen-bond donors (Lipinski definition) is 2. The Morgan fingerprint density at radius 2 is 1.78 bits per heavy atom.